The van der Waals surface area contributed by atoms with Crippen molar-refractivity contribution in [2.24, 2.45) is 17.3 Å². The number of carboxylic acids is 1. The summed E-state index contributed by atoms with van der Waals surface area (Å²) in [7, 11) is 0. The third-order valence-electron chi connectivity index (χ3n) is 5.50. The van der Waals surface area contributed by atoms with Crippen LogP contribution in [0.4, 0.5) is 0 Å². The van der Waals surface area contributed by atoms with Gasteiger partial charge in [-0.25, -0.2) is 9.59 Å². The number of allylic oxidation sites excluding steroid dienone is 1. The summed E-state index contributed by atoms with van der Waals surface area (Å²) in [6.07, 6.45) is 0.739. The Morgan fingerprint density at radius 2 is 1.83 bits per heavy atom. The summed E-state index contributed by atoms with van der Waals surface area (Å²) in [4.78, 5) is 35.0. The molecule has 0 aromatic carbocycles. The van der Waals surface area contributed by atoms with Gasteiger partial charge in [-0.3, -0.25) is 4.79 Å². The first-order chi connectivity index (χ1) is 13.9. The van der Waals surface area contributed by atoms with Crippen molar-refractivity contribution in [2.45, 2.75) is 39.4 Å². The third-order valence-corrected chi connectivity index (χ3v) is 5.50. The molecule has 1 fully saturated rings. The molecule has 8 nitrogen and oxygen atoms in total. The number of esters is 2. The van der Waals surface area contributed by atoms with Gasteiger partial charge in [-0.15, -0.1) is 6.58 Å². The monoisotopic (exact) mass is 422 g/mol. The number of aliphatic carboxylic acids is 1. The van der Waals surface area contributed by atoms with Crippen LogP contribution in [0.1, 0.15) is 27.2 Å². The Bertz CT molecular complexity index is 765. The van der Waals surface area contributed by atoms with Gasteiger partial charge in [0.25, 0.3) is 0 Å². The summed E-state index contributed by atoms with van der Waals surface area (Å²) in [5.74, 6) is -4.41. The fourth-order valence-electron chi connectivity index (χ4n) is 3.81. The summed E-state index contributed by atoms with van der Waals surface area (Å²) >= 11 is 0. The molecule has 0 heterocycles. The topological polar surface area (TPSA) is 130 Å². The van der Waals surface area contributed by atoms with Crippen molar-refractivity contribution in [2.75, 3.05) is 13.2 Å². The normalized spacial score (nSPS) is 28.9. The molecule has 0 radical (unpaired) electrons. The van der Waals surface area contributed by atoms with Gasteiger partial charge in [0.1, 0.15) is 12.7 Å². The Balaban J connectivity index is 3.26. The second kappa shape index (κ2) is 10.4. The summed E-state index contributed by atoms with van der Waals surface area (Å²) < 4.78 is 10.3. The fraction of sp³-hybridized carbons (Fsp3) is 0.500. The van der Waals surface area contributed by atoms with Crippen molar-refractivity contribution in [3.05, 3.63) is 48.6 Å². The Labute approximate surface area is 176 Å². The van der Waals surface area contributed by atoms with Gasteiger partial charge >= 0.3 is 17.9 Å². The molecule has 8 heteroatoms. The van der Waals surface area contributed by atoms with Crippen molar-refractivity contribution < 1.29 is 39.2 Å². The highest BCUT2D eigenvalue weighted by molar-refractivity contribution is 5.89. The Morgan fingerprint density at radius 3 is 2.30 bits per heavy atom. The molecule has 1 aliphatic rings. The van der Waals surface area contributed by atoms with Crippen molar-refractivity contribution in [3.8, 4) is 0 Å². The van der Waals surface area contributed by atoms with E-state index in [2.05, 4.69) is 19.7 Å². The van der Waals surface area contributed by atoms with E-state index >= 15 is 0 Å². The SMILES string of the molecule is C=C[C@@]1(C)C[C@H](OC(=O)/C(C)=C\COC(C)=O)[C@@H](C(=C)C(=O)O)[C@H](O)[C@@H]1C(=C)CO. The molecule has 1 rings (SSSR count). The largest absolute Gasteiger partial charge is 0.478 e. The van der Waals surface area contributed by atoms with Gasteiger partial charge in [0, 0.05) is 24.0 Å². The van der Waals surface area contributed by atoms with E-state index in [9.17, 15) is 29.7 Å². The van der Waals surface area contributed by atoms with Crippen LogP contribution in [0.25, 0.3) is 0 Å². The lowest BCUT2D eigenvalue weighted by molar-refractivity contribution is -0.161. The minimum absolute atomic E-state index is 0.113. The van der Waals surface area contributed by atoms with Crippen molar-refractivity contribution in [1.82, 2.24) is 0 Å². The molecule has 0 unspecified atom stereocenters. The molecular weight excluding hydrogens is 392 g/mol. The quantitative estimate of drug-likeness (QED) is 0.291. The van der Waals surface area contributed by atoms with E-state index in [4.69, 9.17) is 9.47 Å². The minimum atomic E-state index is -1.34. The lowest BCUT2D eigenvalue weighted by Crippen LogP contribution is -2.54. The minimum Gasteiger partial charge on any atom is -0.478 e. The third kappa shape index (κ3) is 5.67. The van der Waals surface area contributed by atoms with E-state index in [1.165, 1.54) is 19.9 Å². The average Bonchev–Trinajstić information content (AvgIpc) is 2.66. The van der Waals surface area contributed by atoms with Crippen molar-refractivity contribution in [3.63, 3.8) is 0 Å². The number of carbonyl (C=O) groups is 3. The van der Waals surface area contributed by atoms with Gasteiger partial charge in [-0.2, -0.15) is 0 Å². The number of carbonyl (C=O) groups excluding carboxylic acids is 2. The number of ether oxygens (including phenoxy) is 2. The van der Waals surface area contributed by atoms with Gasteiger partial charge in [0.05, 0.1) is 18.6 Å². The van der Waals surface area contributed by atoms with Crippen LogP contribution in [0, 0.1) is 17.3 Å². The highest BCUT2D eigenvalue weighted by atomic mass is 16.5. The van der Waals surface area contributed by atoms with Gasteiger partial charge in [0.2, 0.25) is 0 Å². The van der Waals surface area contributed by atoms with Gasteiger partial charge in [-0.05, 0) is 30.4 Å². The molecule has 166 valence electrons. The molecule has 0 bridgehead atoms. The zero-order valence-electron chi connectivity index (χ0n) is 17.6. The maximum atomic E-state index is 12.5. The Kier molecular flexibility index (Phi) is 8.74. The van der Waals surface area contributed by atoms with Gasteiger partial charge in [-0.1, -0.05) is 26.2 Å². The van der Waals surface area contributed by atoms with Crippen LogP contribution in [-0.2, 0) is 23.9 Å². The van der Waals surface area contributed by atoms with Gasteiger partial charge < -0.3 is 24.8 Å². The molecule has 0 aromatic rings. The van der Waals surface area contributed by atoms with E-state index in [0.29, 0.717) is 5.57 Å². The van der Waals surface area contributed by atoms with E-state index in [0.717, 1.165) is 0 Å². The van der Waals surface area contributed by atoms with Crippen LogP contribution < -0.4 is 0 Å². The number of hydrogen-bond acceptors (Lipinski definition) is 7. The van der Waals surface area contributed by atoms with E-state index in [1.54, 1.807) is 13.0 Å². The summed E-state index contributed by atoms with van der Waals surface area (Å²) in [5.41, 5.74) is -0.666. The molecule has 0 amide bonds. The number of carboxylic acid groups (broad SMARTS) is 1. The second-order valence-electron chi connectivity index (χ2n) is 7.69. The smallest absolute Gasteiger partial charge is 0.333 e. The van der Waals surface area contributed by atoms with Crippen LogP contribution in [0.3, 0.4) is 0 Å². The first kappa shape index (κ1) is 25.3. The lowest BCUT2D eigenvalue weighted by Gasteiger charge is -2.50. The zero-order valence-corrected chi connectivity index (χ0v) is 17.6. The highest BCUT2D eigenvalue weighted by Gasteiger charge is 2.53. The average molecular weight is 422 g/mol. The van der Waals surface area contributed by atoms with Crippen LogP contribution in [-0.4, -0.2) is 58.6 Å². The number of aliphatic hydroxyl groups is 2. The molecule has 3 N–H and O–H groups in total. The molecule has 0 spiro atoms. The van der Waals surface area contributed by atoms with Crippen LogP contribution in [0.5, 0.6) is 0 Å². The number of rotatable bonds is 9. The molecule has 1 saturated carbocycles. The molecule has 0 saturated heterocycles. The first-order valence-corrected chi connectivity index (χ1v) is 9.43. The summed E-state index contributed by atoms with van der Waals surface area (Å²) in [5, 5.41) is 30.0. The Morgan fingerprint density at radius 1 is 1.23 bits per heavy atom. The zero-order chi connectivity index (χ0) is 23.2. The molecule has 30 heavy (non-hydrogen) atoms. The van der Waals surface area contributed by atoms with Crippen LogP contribution in [0.2, 0.25) is 0 Å². The molecule has 0 aromatic heterocycles. The van der Waals surface area contributed by atoms with Gasteiger partial charge in [0.15, 0.2) is 0 Å². The number of hydrogen-bond donors (Lipinski definition) is 3. The Hall–Kier alpha value is -2.71. The molecular formula is C22H30O8. The van der Waals surface area contributed by atoms with Crippen molar-refractivity contribution >= 4 is 17.9 Å². The predicted octanol–water partition coefficient (Wildman–Crippen LogP) is 1.79. The van der Waals surface area contributed by atoms with Crippen molar-refractivity contribution in [1.29, 1.82) is 0 Å². The fourth-order valence-corrected chi connectivity index (χ4v) is 3.81. The van der Waals surface area contributed by atoms with E-state index < -0.39 is 54.0 Å². The molecule has 0 aliphatic heterocycles. The van der Waals surface area contributed by atoms with E-state index in [-0.39, 0.29) is 24.2 Å². The standard InChI is InChI=1S/C22H30O8/c1-7-22(6)10-16(30-21(28)12(2)8-9-29-15(5)24)17(14(4)20(26)27)19(25)18(22)13(3)11-23/h7-8,16-19,23,25H,1,3-4,9-11H2,2,5-6H3,(H,26,27)/b12-8-/t16-,17+,18-,19-,22-/m0/s1. The predicted molar refractivity (Wildman–Crippen MR) is 109 cm³/mol. The van der Waals surface area contributed by atoms with E-state index in [1.807, 2.05) is 0 Å². The lowest BCUT2D eigenvalue weighted by atomic mass is 9.58. The van der Waals surface area contributed by atoms with Crippen LogP contribution >= 0.6 is 0 Å². The number of aliphatic hydroxyl groups excluding tert-OH is 2. The summed E-state index contributed by atoms with van der Waals surface area (Å²) in [6.45, 7) is 15.1. The molecule has 1 aliphatic carbocycles. The highest BCUT2D eigenvalue weighted by Crippen LogP contribution is 2.50. The maximum absolute atomic E-state index is 12.5. The summed E-state index contributed by atoms with van der Waals surface area (Å²) in [6, 6.07) is 0. The second-order valence-corrected chi connectivity index (χ2v) is 7.69. The maximum Gasteiger partial charge on any atom is 0.333 e. The molecule has 5 atom stereocenters. The van der Waals surface area contributed by atoms with Crippen LogP contribution in [0.15, 0.2) is 48.6 Å². The first-order valence-electron chi connectivity index (χ1n) is 9.43.